The number of ketones is 1. The number of rotatable bonds is 13. The van der Waals surface area contributed by atoms with Crippen LogP contribution in [0.5, 0.6) is 0 Å². The summed E-state index contributed by atoms with van der Waals surface area (Å²) in [4.78, 5) is 26.1. The van der Waals surface area contributed by atoms with Gasteiger partial charge in [-0.2, -0.15) is 0 Å². The molecule has 0 saturated carbocycles. The third kappa shape index (κ3) is 7.81. The maximum atomic E-state index is 13.6. The van der Waals surface area contributed by atoms with Crippen LogP contribution in [0.25, 0.3) is 17.0 Å². The molecular formula is C30H38ClNO4. The van der Waals surface area contributed by atoms with Crippen LogP contribution >= 0.6 is 12.4 Å². The summed E-state index contributed by atoms with van der Waals surface area (Å²) >= 11 is 0. The Labute approximate surface area is 220 Å². The summed E-state index contributed by atoms with van der Waals surface area (Å²) in [7, 11) is 0. The summed E-state index contributed by atoms with van der Waals surface area (Å²) in [6.45, 7) is 9.76. The summed E-state index contributed by atoms with van der Waals surface area (Å²) < 4.78 is 11.4. The molecule has 3 rings (SSSR count). The fourth-order valence-electron chi connectivity index (χ4n) is 3.89. The van der Waals surface area contributed by atoms with E-state index in [0.29, 0.717) is 39.8 Å². The molecule has 0 radical (unpaired) electrons. The van der Waals surface area contributed by atoms with Crippen LogP contribution in [0.4, 0.5) is 0 Å². The maximum Gasteiger partial charge on any atom is 0.338 e. The standard InChI is InChI=1S/C30H37NO4.ClH/c1-5-7-11-27-28(25-20-24(16-17-26(25)35-27)30(33)34-21(3)4)29(32)23-14-12-22(13-15-23)10-9-19-31-18-8-6-2;/h9-10,12-17,20-21,31H,5-8,11,18-19H2,1-4H3;1H/b10-9-;. The van der Waals surface area contributed by atoms with E-state index in [-0.39, 0.29) is 24.3 Å². The van der Waals surface area contributed by atoms with Gasteiger partial charge >= 0.3 is 5.97 Å². The Morgan fingerprint density at radius 3 is 2.36 bits per heavy atom. The van der Waals surface area contributed by atoms with Gasteiger partial charge in [-0.1, -0.05) is 63.1 Å². The Bertz CT molecular complexity index is 1160. The van der Waals surface area contributed by atoms with Crippen molar-refractivity contribution in [3.63, 3.8) is 0 Å². The molecule has 0 atom stereocenters. The molecule has 0 saturated heterocycles. The number of nitrogens with one attached hydrogen (secondary N) is 1. The van der Waals surface area contributed by atoms with E-state index in [0.717, 1.165) is 31.5 Å². The van der Waals surface area contributed by atoms with Crippen molar-refractivity contribution in [1.29, 1.82) is 0 Å². The van der Waals surface area contributed by atoms with Gasteiger partial charge < -0.3 is 14.5 Å². The van der Waals surface area contributed by atoms with Crippen molar-refractivity contribution in [3.8, 4) is 0 Å². The maximum absolute atomic E-state index is 13.6. The summed E-state index contributed by atoms with van der Waals surface area (Å²) in [5.41, 5.74) is 3.20. The van der Waals surface area contributed by atoms with E-state index in [2.05, 4.69) is 31.3 Å². The monoisotopic (exact) mass is 511 g/mol. The van der Waals surface area contributed by atoms with Crippen LogP contribution in [0.3, 0.4) is 0 Å². The first-order valence-corrected chi connectivity index (χ1v) is 12.7. The fourth-order valence-corrected chi connectivity index (χ4v) is 3.89. The molecule has 0 unspecified atom stereocenters. The second kappa shape index (κ2) is 14.6. The van der Waals surface area contributed by atoms with Crippen molar-refractivity contribution in [2.24, 2.45) is 0 Å². The number of halogens is 1. The van der Waals surface area contributed by atoms with Crippen LogP contribution in [-0.2, 0) is 11.2 Å². The topological polar surface area (TPSA) is 68.5 Å². The van der Waals surface area contributed by atoms with Crippen LogP contribution in [0.2, 0.25) is 0 Å². The minimum atomic E-state index is -0.406. The number of hydrogen-bond acceptors (Lipinski definition) is 5. The molecule has 0 aliphatic rings. The summed E-state index contributed by atoms with van der Waals surface area (Å²) in [5.74, 6) is 0.168. The van der Waals surface area contributed by atoms with Crippen LogP contribution in [0.15, 0.2) is 53.0 Å². The van der Waals surface area contributed by atoms with E-state index in [1.165, 1.54) is 12.8 Å². The molecule has 1 N–H and O–H groups in total. The van der Waals surface area contributed by atoms with E-state index in [1.54, 1.807) is 18.2 Å². The zero-order valence-electron chi connectivity index (χ0n) is 21.8. The van der Waals surface area contributed by atoms with Crippen molar-refractivity contribution >= 4 is 41.2 Å². The number of furan rings is 1. The van der Waals surface area contributed by atoms with Gasteiger partial charge in [0.15, 0.2) is 5.78 Å². The van der Waals surface area contributed by atoms with Gasteiger partial charge in [-0.15, -0.1) is 12.4 Å². The largest absolute Gasteiger partial charge is 0.460 e. The van der Waals surface area contributed by atoms with Gasteiger partial charge in [-0.25, -0.2) is 4.79 Å². The molecule has 2 aromatic carbocycles. The number of benzene rings is 2. The Kier molecular flexibility index (Phi) is 11.9. The number of esters is 1. The molecule has 0 aliphatic carbocycles. The molecule has 0 bridgehead atoms. The van der Waals surface area contributed by atoms with Crippen LogP contribution < -0.4 is 5.32 Å². The highest BCUT2D eigenvalue weighted by Gasteiger charge is 2.23. The third-order valence-electron chi connectivity index (χ3n) is 5.78. The first-order valence-electron chi connectivity index (χ1n) is 12.7. The average Bonchev–Trinajstić information content (AvgIpc) is 3.21. The number of fused-ring (bicyclic) bond motifs is 1. The van der Waals surface area contributed by atoms with Crippen molar-refractivity contribution < 1.29 is 18.7 Å². The van der Waals surface area contributed by atoms with E-state index >= 15 is 0 Å². The normalized spacial score (nSPS) is 11.2. The van der Waals surface area contributed by atoms with E-state index in [1.807, 2.05) is 38.1 Å². The number of carbonyl (C=O) groups is 2. The molecule has 3 aromatic rings. The molecule has 6 heteroatoms. The number of hydrogen-bond donors (Lipinski definition) is 1. The van der Waals surface area contributed by atoms with Crippen molar-refractivity contribution in [3.05, 3.63) is 76.6 Å². The molecule has 1 heterocycles. The summed E-state index contributed by atoms with van der Waals surface area (Å²) in [5, 5.41) is 4.04. The first-order chi connectivity index (χ1) is 16.9. The lowest BCUT2D eigenvalue weighted by Gasteiger charge is -2.08. The number of ether oxygens (including phenoxy) is 1. The second-order valence-corrected chi connectivity index (χ2v) is 9.08. The van der Waals surface area contributed by atoms with Crippen LogP contribution in [-0.4, -0.2) is 30.9 Å². The molecule has 0 fully saturated rings. The van der Waals surface area contributed by atoms with E-state index in [9.17, 15) is 9.59 Å². The molecule has 0 amide bonds. The lowest BCUT2D eigenvalue weighted by molar-refractivity contribution is 0.0378. The van der Waals surface area contributed by atoms with Gasteiger partial charge in [-0.05, 0) is 57.0 Å². The predicted molar refractivity (Wildman–Crippen MR) is 149 cm³/mol. The number of unbranched alkanes of at least 4 members (excludes halogenated alkanes) is 2. The predicted octanol–water partition coefficient (Wildman–Crippen LogP) is 7.40. The lowest BCUT2D eigenvalue weighted by atomic mass is 9.97. The second-order valence-electron chi connectivity index (χ2n) is 9.08. The fraction of sp³-hybridized carbons (Fsp3) is 0.400. The molecule has 1 aromatic heterocycles. The zero-order chi connectivity index (χ0) is 25.2. The van der Waals surface area contributed by atoms with Gasteiger partial charge in [0.05, 0.1) is 17.2 Å². The number of aryl methyl sites for hydroxylation is 1. The highest BCUT2D eigenvalue weighted by atomic mass is 35.5. The highest BCUT2D eigenvalue weighted by molar-refractivity contribution is 6.17. The molecule has 194 valence electrons. The molecule has 0 aliphatic heterocycles. The highest BCUT2D eigenvalue weighted by Crippen LogP contribution is 2.31. The zero-order valence-corrected chi connectivity index (χ0v) is 22.6. The van der Waals surface area contributed by atoms with Crippen molar-refractivity contribution in [1.82, 2.24) is 5.32 Å². The van der Waals surface area contributed by atoms with Crippen molar-refractivity contribution in [2.75, 3.05) is 13.1 Å². The van der Waals surface area contributed by atoms with Gasteiger partial charge in [0.2, 0.25) is 0 Å². The molecule has 5 nitrogen and oxygen atoms in total. The lowest BCUT2D eigenvalue weighted by Crippen LogP contribution is -2.14. The Morgan fingerprint density at radius 1 is 1.00 bits per heavy atom. The molecule has 0 spiro atoms. The SMILES string of the molecule is CCCCNC/C=C\c1ccc(C(=O)c2c(CCCC)oc3ccc(C(=O)OC(C)C)cc23)cc1.Cl. The van der Waals surface area contributed by atoms with Crippen LogP contribution in [0.1, 0.15) is 91.0 Å². The Morgan fingerprint density at radius 2 is 1.69 bits per heavy atom. The van der Waals surface area contributed by atoms with Gasteiger partial charge in [-0.3, -0.25) is 4.79 Å². The van der Waals surface area contributed by atoms with Gasteiger partial charge in [0, 0.05) is 23.9 Å². The third-order valence-corrected chi connectivity index (χ3v) is 5.78. The van der Waals surface area contributed by atoms with E-state index < -0.39 is 5.97 Å². The van der Waals surface area contributed by atoms with Gasteiger partial charge in [0.25, 0.3) is 0 Å². The summed E-state index contributed by atoms with van der Waals surface area (Å²) in [6, 6.07) is 12.8. The molecular weight excluding hydrogens is 474 g/mol. The Balaban J connectivity index is 0.00000456. The Hall–Kier alpha value is -2.89. The van der Waals surface area contributed by atoms with Crippen molar-refractivity contribution in [2.45, 2.75) is 65.9 Å². The minimum Gasteiger partial charge on any atom is -0.460 e. The summed E-state index contributed by atoms with van der Waals surface area (Å²) in [6.07, 6.45) is 8.86. The van der Waals surface area contributed by atoms with Gasteiger partial charge in [0.1, 0.15) is 11.3 Å². The average molecular weight is 512 g/mol. The first kappa shape index (κ1) is 29.3. The quantitative estimate of drug-likeness (QED) is 0.147. The van der Waals surface area contributed by atoms with E-state index in [4.69, 9.17) is 9.15 Å². The molecule has 36 heavy (non-hydrogen) atoms. The van der Waals surface area contributed by atoms with Crippen LogP contribution in [0, 0.1) is 0 Å². The number of carbonyl (C=O) groups excluding carboxylic acids is 2. The minimum absolute atomic E-state index is 0. The smallest absolute Gasteiger partial charge is 0.338 e.